The van der Waals surface area contributed by atoms with E-state index in [9.17, 15) is 4.79 Å². The fraction of sp³-hybridized carbons (Fsp3) is 0.0714. The molecule has 0 saturated heterocycles. The normalized spacial score (nSPS) is 10.2. The molecule has 0 heterocycles. The van der Waals surface area contributed by atoms with E-state index in [1.165, 1.54) is 0 Å². The molecule has 0 atom stereocenters. The number of carbonyl (C=O) groups excluding carboxylic acids is 1. The van der Waals surface area contributed by atoms with E-state index in [0.717, 1.165) is 10.2 Å². The Kier molecular flexibility index (Phi) is 4.52. The zero-order valence-electron chi connectivity index (χ0n) is 10.7. The standard InChI is InChI=1S/C14H13BrClN3O/c1-18-14(20)10-4-2-8(17)6-13(10)19-9-3-5-11(15)12(16)7-9/h2-7,19H,17H2,1H3,(H,18,20). The van der Waals surface area contributed by atoms with Gasteiger partial charge in [0.05, 0.1) is 16.3 Å². The van der Waals surface area contributed by atoms with Crippen LogP contribution >= 0.6 is 27.5 Å². The van der Waals surface area contributed by atoms with Crippen molar-refractivity contribution in [2.24, 2.45) is 0 Å². The SMILES string of the molecule is CNC(=O)c1ccc(N)cc1Nc1ccc(Br)c(Cl)c1. The summed E-state index contributed by atoms with van der Waals surface area (Å²) in [7, 11) is 1.58. The Balaban J connectivity index is 2.38. The summed E-state index contributed by atoms with van der Waals surface area (Å²) >= 11 is 9.38. The molecule has 2 aromatic carbocycles. The first-order valence-corrected chi connectivity index (χ1v) is 7.02. The third kappa shape index (κ3) is 3.23. The van der Waals surface area contributed by atoms with Crippen molar-refractivity contribution in [3.05, 3.63) is 51.5 Å². The second-order valence-electron chi connectivity index (χ2n) is 4.14. The quantitative estimate of drug-likeness (QED) is 0.735. The lowest BCUT2D eigenvalue weighted by Gasteiger charge is -2.12. The van der Waals surface area contributed by atoms with E-state index in [1.54, 1.807) is 31.3 Å². The third-order valence-corrected chi connectivity index (χ3v) is 3.95. The van der Waals surface area contributed by atoms with Crippen LogP contribution in [0.5, 0.6) is 0 Å². The molecule has 0 aliphatic carbocycles. The maximum absolute atomic E-state index is 11.8. The molecule has 2 aromatic rings. The van der Waals surface area contributed by atoms with Crippen molar-refractivity contribution in [1.29, 1.82) is 0 Å². The van der Waals surface area contributed by atoms with Crippen molar-refractivity contribution in [1.82, 2.24) is 5.32 Å². The molecule has 4 N–H and O–H groups in total. The van der Waals surface area contributed by atoms with Gasteiger partial charge in [0.25, 0.3) is 5.91 Å². The van der Waals surface area contributed by atoms with Crippen molar-refractivity contribution in [3.8, 4) is 0 Å². The highest BCUT2D eigenvalue weighted by atomic mass is 79.9. The van der Waals surface area contributed by atoms with Crippen LogP contribution in [0.15, 0.2) is 40.9 Å². The van der Waals surface area contributed by atoms with Gasteiger partial charge in [-0.3, -0.25) is 4.79 Å². The molecule has 0 bridgehead atoms. The predicted octanol–water partition coefficient (Wildman–Crippen LogP) is 3.79. The lowest BCUT2D eigenvalue weighted by atomic mass is 10.1. The van der Waals surface area contributed by atoms with Crippen molar-refractivity contribution in [2.75, 3.05) is 18.1 Å². The number of amides is 1. The largest absolute Gasteiger partial charge is 0.399 e. The second kappa shape index (κ2) is 6.15. The van der Waals surface area contributed by atoms with Crippen LogP contribution in [0.1, 0.15) is 10.4 Å². The van der Waals surface area contributed by atoms with Crippen molar-refractivity contribution in [3.63, 3.8) is 0 Å². The number of benzene rings is 2. The minimum atomic E-state index is -0.185. The molecule has 0 saturated carbocycles. The van der Waals surface area contributed by atoms with E-state index >= 15 is 0 Å². The maximum Gasteiger partial charge on any atom is 0.253 e. The average molecular weight is 355 g/mol. The number of halogens is 2. The van der Waals surface area contributed by atoms with Gasteiger partial charge in [0, 0.05) is 22.9 Å². The first-order chi connectivity index (χ1) is 9.51. The maximum atomic E-state index is 11.8. The van der Waals surface area contributed by atoms with E-state index < -0.39 is 0 Å². The summed E-state index contributed by atoms with van der Waals surface area (Å²) in [5.41, 5.74) is 8.26. The van der Waals surface area contributed by atoms with Gasteiger partial charge in [-0.25, -0.2) is 0 Å². The van der Waals surface area contributed by atoms with Gasteiger partial charge in [-0.1, -0.05) is 11.6 Å². The fourth-order valence-corrected chi connectivity index (χ4v) is 2.15. The Morgan fingerprint density at radius 2 is 2.00 bits per heavy atom. The minimum absolute atomic E-state index is 0.185. The Morgan fingerprint density at radius 3 is 2.65 bits per heavy atom. The molecular formula is C14H13BrClN3O. The van der Waals surface area contributed by atoms with E-state index in [1.807, 2.05) is 12.1 Å². The summed E-state index contributed by atoms with van der Waals surface area (Å²) in [5.74, 6) is -0.185. The summed E-state index contributed by atoms with van der Waals surface area (Å²) < 4.78 is 0.809. The molecule has 0 spiro atoms. The Hall–Kier alpha value is -1.72. The van der Waals surface area contributed by atoms with E-state index in [-0.39, 0.29) is 5.91 Å². The topological polar surface area (TPSA) is 67.2 Å². The number of nitrogen functional groups attached to an aromatic ring is 1. The summed E-state index contributed by atoms with van der Waals surface area (Å²) in [4.78, 5) is 11.8. The van der Waals surface area contributed by atoms with Gasteiger partial charge in [0.1, 0.15) is 0 Å². The van der Waals surface area contributed by atoms with Crippen molar-refractivity contribution < 1.29 is 4.79 Å². The molecule has 104 valence electrons. The first-order valence-electron chi connectivity index (χ1n) is 5.85. The van der Waals surface area contributed by atoms with E-state index in [4.69, 9.17) is 17.3 Å². The lowest BCUT2D eigenvalue weighted by Crippen LogP contribution is -2.19. The van der Waals surface area contributed by atoms with Crippen LogP contribution in [-0.4, -0.2) is 13.0 Å². The molecule has 20 heavy (non-hydrogen) atoms. The summed E-state index contributed by atoms with van der Waals surface area (Å²) in [6.45, 7) is 0. The molecule has 0 aromatic heterocycles. The molecule has 0 aliphatic rings. The van der Waals surface area contributed by atoms with Crippen LogP contribution in [0.3, 0.4) is 0 Å². The van der Waals surface area contributed by atoms with Crippen molar-refractivity contribution in [2.45, 2.75) is 0 Å². The predicted molar refractivity (Wildman–Crippen MR) is 86.7 cm³/mol. The van der Waals surface area contributed by atoms with Crippen LogP contribution in [0.4, 0.5) is 17.1 Å². The fourth-order valence-electron chi connectivity index (χ4n) is 1.73. The van der Waals surface area contributed by atoms with Crippen LogP contribution in [-0.2, 0) is 0 Å². The number of anilines is 3. The summed E-state index contributed by atoms with van der Waals surface area (Å²) in [6, 6.07) is 10.5. The van der Waals surface area contributed by atoms with Gasteiger partial charge >= 0.3 is 0 Å². The second-order valence-corrected chi connectivity index (χ2v) is 5.40. The summed E-state index contributed by atoms with van der Waals surface area (Å²) in [5, 5.41) is 6.33. The van der Waals surface area contributed by atoms with Gasteiger partial charge in [-0.2, -0.15) is 0 Å². The van der Waals surface area contributed by atoms with Gasteiger partial charge < -0.3 is 16.4 Å². The number of nitrogens with one attached hydrogen (secondary N) is 2. The Morgan fingerprint density at radius 1 is 1.25 bits per heavy atom. The molecule has 0 aliphatic heterocycles. The lowest BCUT2D eigenvalue weighted by molar-refractivity contribution is 0.0964. The molecule has 0 unspecified atom stereocenters. The highest BCUT2D eigenvalue weighted by Crippen LogP contribution is 2.29. The van der Waals surface area contributed by atoms with Crippen LogP contribution in [0.2, 0.25) is 5.02 Å². The number of carbonyl (C=O) groups is 1. The van der Waals surface area contributed by atoms with Crippen LogP contribution < -0.4 is 16.4 Å². The summed E-state index contributed by atoms with van der Waals surface area (Å²) in [6.07, 6.45) is 0. The molecule has 1 amide bonds. The first kappa shape index (κ1) is 14.7. The van der Waals surface area contributed by atoms with Gasteiger partial charge in [-0.15, -0.1) is 0 Å². The van der Waals surface area contributed by atoms with Gasteiger partial charge in [0.15, 0.2) is 0 Å². The van der Waals surface area contributed by atoms with Crippen molar-refractivity contribution >= 4 is 50.5 Å². The number of hydrogen-bond acceptors (Lipinski definition) is 3. The van der Waals surface area contributed by atoms with Crippen LogP contribution in [0.25, 0.3) is 0 Å². The average Bonchev–Trinajstić information content (AvgIpc) is 2.42. The van der Waals surface area contributed by atoms with E-state index in [2.05, 4.69) is 26.6 Å². The number of nitrogens with two attached hydrogens (primary N) is 1. The minimum Gasteiger partial charge on any atom is -0.399 e. The smallest absolute Gasteiger partial charge is 0.253 e. The molecule has 4 nitrogen and oxygen atoms in total. The number of rotatable bonds is 3. The van der Waals surface area contributed by atoms with E-state index in [0.29, 0.717) is 22.0 Å². The van der Waals surface area contributed by atoms with Gasteiger partial charge in [0.2, 0.25) is 0 Å². The van der Waals surface area contributed by atoms with Gasteiger partial charge in [-0.05, 0) is 52.3 Å². The zero-order chi connectivity index (χ0) is 14.7. The molecular weight excluding hydrogens is 342 g/mol. The zero-order valence-corrected chi connectivity index (χ0v) is 13.0. The number of hydrogen-bond donors (Lipinski definition) is 3. The Labute approximate surface area is 130 Å². The highest BCUT2D eigenvalue weighted by molar-refractivity contribution is 9.10. The molecule has 0 fully saturated rings. The van der Waals surface area contributed by atoms with Crippen LogP contribution in [0, 0.1) is 0 Å². The monoisotopic (exact) mass is 353 g/mol. The molecule has 0 radical (unpaired) electrons. The third-order valence-electron chi connectivity index (χ3n) is 2.71. The highest BCUT2D eigenvalue weighted by Gasteiger charge is 2.11. The Bertz CT molecular complexity index is 661. The molecule has 2 rings (SSSR count). The molecule has 6 heteroatoms.